The van der Waals surface area contributed by atoms with Crippen molar-refractivity contribution in [2.24, 2.45) is 0 Å². The lowest BCUT2D eigenvalue weighted by atomic mass is 10.2. The summed E-state index contributed by atoms with van der Waals surface area (Å²) in [6, 6.07) is 8.14. The van der Waals surface area contributed by atoms with Crippen molar-refractivity contribution in [1.29, 1.82) is 5.26 Å². The van der Waals surface area contributed by atoms with E-state index in [0.717, 1.165) is 18.2 Å². The lowest BCUT2D eigenvalue weighted by molar-refractivity contribution is -0.385. The zero-order valence-electron chi connectivity index (χ0n) is 9.84. The lowest BCUT2D eigenvalue weighted by Gasteiger charge is -2.06. The van der Waals surface area contributed by atoms with Crippen LogP contribution in [0.2, 0.25) is 0 Å². The molecule has 0 atom stereocenters. The molecule has 0 saturated carbocycles. The van der Waals surface area contributed by atoms with Gasteiger partial charge in [-0.25, -0.2) is 8.78 Å². The Morgan fingerprint density at radius 1 is 1.10 bits per heavy atom. The van der Waals surface area contributed by atoms with Gasteiger partial charge in [-0.15, -0.1) is 0 Å². The molecule has 2 aromatic rings. The number of ether oxygens (including phenoxy) is 1. The average molecular weight is 276 g/mol. The molecule has 2 aromatic carbocycles. The number of halogens is 2. The van der Waals surface area contributed by atoms with Crippen molar-refractivity contribution >= 4 is 5.69 Å². The Balaban J connectivity index is 2.34. The van der Waals surface area contributed by atoms with Crippen LogP contribution in [0.15, 0.2) is 36.4 Å². The minimum Gasteiger partial charge on any atom is -0.457 e. The number of nitro benzene ring substituents is 1. The van der Waals surface area contributed by atoms with Gasteiger partial charge in [-0.05, 0) is 24.3 Å². The third-order valence-electron chi connectivity index (χ3n) is 2.41. The van der Waals surface area contributed by atoms with E-state index in [9.17, 15) is 18.9 Å². The van der Waals surface area contributed by atoms with E-state index in [4.69, 9.17) is 10.00 Å². The van der Waals surface area contributed by atoms with E-state index in [1.807, 2.05) is 0 Å². The highest BCUT2D eigenvalue weighted by Crippen LogP contribution is 2.28. The van der Waals surface area contributed by atoms with Crippen molar-refractivity contribution in [2.45, 2.75) is 0 Å². The van der Waals surface area contributed by atoms with Gasteiger partial charge in [-0.2, -0.15) is 5.26 Å². The zero-order chi connectivity index (χ0) is 14.7. The largest absolute Gasteiger partial charge is 0.457 e. The Labute approximate surface area is 111 Å². The van der Waals surface area contributed by atoms with Gasteiger partial charge in [0, 0.05) is 6.07 Å². The zero-order valence-corrected chi connectivity index (χ0v) is 9.84. The first-order valence-corrected chi connectivity index (χ1v) is 5.32. The van der Waals surface area contributed by atoms with Crippen LogP contribution in [0.25, 0.3) is 0 Å². The predicted octanol–water partition coefficient (Wildman–Crippen LogP) is 3.54. The minimum absolute atomic E-state index is 0.0112. The Bertz CT molecular complexity index is 726. The SMILES string of the molecule is N#Cc1ccc(Oc2ccc(F)c(F)c2)cc1[N+](=O)[O-]. The first kappa shape index (κ1) is 13.4. The van der Waals surface area contributed by atoms with Gasteiger partial charge in [0.2, 0.25) is 0 Å². The molecule has 0 aromatic heterocycles. The van der Waals surface area contributed by atoms with Crippen LogP contribution in [0.4, 0.5) is 14.5 Å². The number of nitro groups is 1. The smallest absolute Gasteiger partial charge is 0.290 e. The standard InChI is InChI=1S/C13H6F2N2O3/c14-11-4-3-9(5-12(11)15)20-10-2-1-8(7-16)13(6-10)17(18)19/h1-6H. The minimum atomic E-state index is -1.09. The molecule has 0 N–H and O–H groups in total. The molecule has 20 heavy (non-hydrogen) atoms. The van der Waals surface area contributed by atoms with Crippen LogP contribution in [-0.4, -0.2) is 4.92 Å². The van der Waals surface area contributed by atoms with E-state index in [-0.39, 0.29) is 17.1 Å². The molecule has 0 fully saturated rings. The van der Waals surface area contributed by atoms with Crippen LogP contribution in [0.5, 0.6) is 11.5 Å². The predicted molar refractivity (Wildman–Crippen MR) is 64.2 cm³/mol. The molecule has 0 aliphatic carbocycles. The maximum atomic E-state index is 13.0. The number of nitriles is 1. The highest BCUT2D eigenvalue weighted by molar-refractivity contribution is 5.53. The molecule has 0 aliphatic rings. The molecule has 0 heterocycles. The molecular weight excluding hydrogens is 270 g/mol. The fourth-order valence-electron chi connectivity index (χ4n) is 1.50. The molecule has 2 rings (SSSR count). The fraction of sp³-hybridized carbons (Fsp3) is 0. The van der Waals surface area contributed by atoms with Crippen molar-refractivity contribution in [3.05, 3.63) is 63.7 Å². The van der Waals surface area contributed by atoms with E-state index in [2.05, 4.69) is 0 Å². The fourth-order valence-corrected chi connectivity index (χ4v) is 1.50. The van der Waals surface area contributed by atoms with Gasteiger partial charge in [-0.3, -0.25) is 10.1 Å². The molecule has 100 valence electrons. The van der Waals surface area contributed by atoms with Crippen molar-refractivity contribution < 1.29 is 18.4 Å². The molecule has 0 aliphatic heterocycles. The maximum Gasteiger partial charge on any atom is 0.290 e. The summed E-state index contributed by atoms with van der Waals surface area (Å²) in [5, 5.41) is 19.5. The van der Waals surface area contributed by atoms with Gasteiger partial charge in [0.05, 0.1) is 11.0 Å². The first-order chi connectivity index (χ1) is 9.51. The Hall–Kier alpha value is -3.01. The Kier molecular flexibility index (Phi) is 3.57. The van der Waals surface area contributed by atoms with Gasteiger partial charge in [-0.1, -0.05) is 0 Å². The summed E-state index contributed by atoms with van der Waals surface area (Å²) < 4.78 is 30.9. The molecule has 0 spiro atoms. The normalized spacial score (nSPS) is 9.85. The van der Waals surface area contributed by atoms with E-state index in [1.54, 1.807) is 6.07 Å². The number of nitrogens with zero attached hydrogens (tertiary/aromatic N) is 2. The van der Waals surface area contributed by atoms with E-state index in [1.165, 1.54) is 18.2 Å². The molecule has 5 nitrogen and oxygen atoms in total. The maximum absolute atomic E-state index is 13.0. The Morgan fingerprint density at radius 2 is 1.75 bits per heavy atom. The third-order valence-corrected chi connectivity index (χ3v) is 2.41. The number of hydrogen-bond donors (Lipinski definition) is 0. The average Bonchev–Trinajstić information content (AvgIpc) is 2.43. The van der Waals surface area contributed by atoms with Crippen molar-refractivity contribution in [3.8, 4) is 17.6 Å². The molecule has 0 radical (unpaired) electrons. The summed E-state index contributed by atoms with van der Waals surface area (Å²) in [4.78, 5) is 10.0. The molecule has 7 heteroatoms. The van der Waals surface area contributed by atoms with Gasteiger partial charge >= 0.3 is 0 Å². The van der Waals surface area contributed by atoms with Gasteiger partial charge < -0.3 is 4.74 Å². The van der Waals surface area contributed by atoms with Crippen molar-refractivity contribution in [2.75, 3.05) is 0 Å². The van der Waals surface area contributed by atoms with Gasteiger partial charge in [0.25, 0.3) is 5.69 Å². The van der Waals surface area contributed by atoms with Crippen molar-refractivity contribution in [1.82, 2.24) is 0 Å². The van der Waals surface area contributed by atoms with Crippen LogP contribution in [-0.2, 0) is 0 Å². The summed E-state index contributed by atoms with van der Waals surface area (Å²) in [6.07, 6.45) is 0. The highest BCUT2D eigenvalue weighted by Gasteiger charge is 2.15. The molecule has 0 saturated heterocycles. The van der Waals surface area contributed by atoms with Crippen LogP contribution in [0.3, 0.4) is 0 Å². The molecule has 0 bridgehead atoms. The third kappa shape index (κ3) is 2.70. The van der Waals surface area contributed by atoms with Gasteiger partial charge in [0.15, 0.2) is 11.6 Å². The van der Waals surface area contributed by atoms with E-state index < -0.39 is 22.2 Å². The second-order valence-electron chi connectivity index (χ2n) is 3.73. The Morgan fingerprint density at radius 3 is 2.35 bits per heavy atom. The summed E-state index contributed by atoms with van der Waals surface area (Å²) in [6.45, 7) is 0. The molecule has 0 amide bonds. The number of benzene rings is 2. The summed E-state index contributed by atoms with van der Waals surface area (Å²) in [5.41, 5.74) is -0.541. The first-order valence-electron chi connectivity index (χ1n) is 5.32. The quantitative estimate of drug-likeness (QED) is 0.634. The second kappa shape index (κ2) is 5.32. The number of rotatable bonds is 3. The van der Waals surface area contributed by atoms with Crippen LogP contribution in [0.1, 0.15) is 5.56 Å². The number of hydrogen-bond acceptors (Lipinski definition) is 4. The topological polar surface area (TPSA) is 76.2 Å². The monoisotopic (exact) mass is 276 g/mol. The highest BCUT2D eigenvalue weighted by atomic mass is 19.2. The van der Waals surface area contributed by atoms with E-state index in [0.29, 0.717) is 0 Å². The van der Waals surface area contributed by atoms with Crippen LogP contribution in [0, 0.1) is 33.1 Å². The van der Waals surface area contributed by atoms with Crippen LogP contribution < -0.4 is 4.74 Å². The second-order valence-corrected chi connectivity index (χ2v) is 3.73. The van der Waals surface area contributed by atoms with E-state index >= 15 is 0 Å². The summed E-state index contributed by atoms with van der Waals surface area (Å²) >= 11 is 0. The van der Waals surface area contributed by atoms with Crippen LogP contribution >= 0.6 is 0 Å². The molecule has 0 unspecified atom stereocenters. The van der Waals surface area contributed by atoms with Gasteiger partial charge in [0.1, 0.15) is 23.1 Å². The lowest BCUT2D eigenvalue weighted by Crippen LogP contribution is -1.94. The molecular formula is C13H6F2N2O3. The summed E-state index contributed by atoms with van der Waals surface area (Å²) in [5.74, 6) is -2.08. The van der Waals surface area contributed by atoms with Crippen molar-refractivity contribution in [3.63, 3.8) is 0 Å². The summed E-state index contributed by atoms with van der Waals surface area (Å²) in [7, 11) is 0.